The van der Waals surface area contributed by atoms with Crippen LogP contribution in [0.4, 0.5) is 5.69 Å². The zero-order valence-corrected chi connectivity index (χ0v) is 15.6. The first kappa shape index (κ1) is 17.3. The summed E-state index contributed by atoms with van der Waals surface area (Å²) < 4.78 is 1.68. The average molecular weight is 362 g/mol. The number of aromatic nitrogens is 2. The number of benzene rings is 1. The van der Waals surface area contributed by atoms with Gasteiger partial charge in [-0.2, -0.15) is 0 Å². The molecule has 0 bridgehead atoms. The van der Waals surface area contributed by atoms with E-state index in [2.05, 4.69) is 10.3 Å². The fourth-order valence-electron chi connectivity index (χ4n) is 3.67. The number of nitrogens with zero attached hydrogens (tertiary/aromatic N) is 3. The van der Waals surface area contributed by atoms with Crippen molar-refractivity contribution >= 4 is 23.0 Å². The number of anilines is 1. The summed E-state index contributed by atoms with van der Waals surface area (Å²) in [6.07, 6.45) is 2.57. The van der Waals surface area contributed by atoms with Gasteiger partial charge in [0.05, 0.1) is 5.52 Å². The van der Waals surface area contributed by atoms with Gasteiger partial charge in [-0.25, -0.2) is 4.98 Å². The summed E-state index contributed by atoms with van der Waals surface area (Å²) in [6, 6.07) is 13.4. The van der Waals surface area contributed by atoms with Crippen molar-refractivity contribution in [3.8, 4) is 0 Å². The van der Waals surface area contributed by atoms with Crippen molar-refractivity contribution in [1.29, 1.82) is 0 Å². The standard InChI is InChI=1S/C21H22N4O2/c1-13(2)22-20(26)19-23-18(17-10-6-7-11-24(17)19)21(27)25-14(3)12-15-8-4-5-9-16(15)25/h4-11,13-14H,12H2,1-3H3,(H,22,26). The Morgan fingerprint density at radius 2 is 1.89 bits per heavy atom. The quantitative estimate of drug-likeness (QED) is 0.779. The van der Waals surface area contributed by atoms with Crippen LogP contribution < -0.4 is 10.2 Å². The molecule has 0 aliphatic carbocycles. The van der Waals surface area contributed by atoms with E-state index in [4.69, 9.17) is 0 Å². The molecule has 6 heteroatoms. The number of imidazole rings is 1. The Balaban J connectivity index is 1.80. The Kier molecular flexibility index (Phi) is 4.18. The number of fused-ring (bicyclic) bond motifs is 2. The van der Waals surface area contributed by atoms with Gasteiger partial charge in [-0.05, 0) is 51.0 Å². The number of hydrogen-bond acceptors (Lipinski definition) is 3. The third-order valence-corrected chi connectivity index (χ3v) is 4.80. The molecule has 1 aliphatic heterocycles. The minimum Gasteiger partial charge on any atom is -0.347 e. The number of nitrogens with one attached hydrogen (secondary N) is 1. The highest BCUT2D eigenvalue weighted by Crippen LogP contribution is 2.33. The Bertz CT molecular complexity index is 1040. The van der Waals surface area contributed by atoms with Crippen LogP contribution in [0.2, 0.25) is 0 Å². The molecule has 3 heterocycles. The highest BCUT2D eigenvalue weighted by atomic mass is 16.2. The molecule has 2 amide bonds. The molecule has 1 aromatic carbocycles. The van der Waals surface area contributed by atoms with E-state index in [1.165, 1.54) is 0 Å². The summed E-state index contributed by atoms with van der Waals surface area (Å²) >= 11 is 0. The van der Waals surface area contributed by atoms with E-state index in [1.807, 2.05) is 63.2 Å². The zero-order chi connectivity index (χ0) is 19.1. The fourth-order valence-corrected chi connectivity index (χ4v) is 3.67. The van der Waals surface area contributed by atoms with Crippen molar-refractivity contribution in [3.63, 3.8) is 0 Å². The number of hydrogen-bond donors (Lipinski definition) is 1. The van der Waals surface area contributed by atoms with Gasteiger partial charge in [0.2, 0.25) is 5.82 Å². The highest BCUT2D eigenvalue weighted by Gasteiger charge is 2.34. The van der Waals surface area contributed by atoms with Crippen LogP contribution in [0.25, 0.3) is 5.52 Å². The monoisotopic (exact) mass is 362 g/mol. The lowest BCUT2D eigenvalue weighted by molar-refractivity contribution is 0.0932. The minimum atomic E-state index is -0.292. The van der Waals surface area contributed by atoms with Crippen LogP contribution in [-0.4, -0.2) is 33.3 Å². The maximum absolute atomic E-state index is 13.4. The Labute approximate surface area is 157 Å². The third-order valence-electron chi connectivity index (χ3n) is 4.80. The molecule has 27 heavy (non-hydrogen) atoms. The fraction of sp³-hybridized carbons (Fsp3) is 0.286. The van der Waals surface area contributed by atoms with Crippen LogP contribution >= 0.6 is 0 Å². The molecule has 0 spiro atoms. The molecule has 0 saturated carbocycles. The maximum atomic E-state index is 13.4. The van der Waals surface area contributed by atoms with Crippen molar-refractivity contribution < 1.29 is 9.59 Å². The lowest BCUT2D eigenvalue weighted by Gasteiger charge is -2.21. The van der Waals surface area contributed by atoms with Crippen LogP contribution in [0.1, 0.15) is 47.4 Å². The van der Waals surface area contributed by atoms with Gasteiger partial charge in [-0.1, -0.05) is 24.3 Å². The molecule has 1 aliphatic rings. The summed E-state index contributed by atoms with van der Waals surface area (Å²) in [6.45, 7) is 5.81. The molecule has 3 aromatic rings. The molecule has 1 unspecified atom stereocenters. The lowest BCUT2D eigenvalue weighted by Crippen LogP contribution is -2.36. The molecule has 0 fully saturated rings. The zero-order valence-electron chi connectivity index (χ0n) is 15.6. The molecular formula is C21H22N4O2. The summed E-state index contributed by atoms with van der Waals surface area (Å²) in [7, 11) is 0. The molecule has 0 saturated heterocycles. The van der Waals surface area contributed by atoms with Crippen molar-refractivity contribution in [1.82, 2.24) is 14.7 Å². The van der Waals surface area contributed by atoms with Gasteiger partial charge in [0.1, 0.15) is 0 Å². The Morgan fingerprint density at radius 1 is 1.15 bits per heavy atom. The summed E-state index contributed by atoms with van der Waals surface area (Å²) in [4.78, 5) is 32.2. The van der Waals surface area contributed by atoms with E-state index in [0.29, 0.717) is 11.2 Å². The van der Waals surface area contributed by atoms with Gasteiger partial charge in [0, 0.05) is 24.0 Å². The third kappa shape index (κ3) is 2.87. The van der Waals surface area contributed by atoms with Gasteiger partial charge in [-0.3, -0.25) is 14.0 Å². The molecule has 138 valence electrons. The summed E-state index contributed by atoms with van der Waals surface area (Å²) in [5, 5.41) is 2.85. The van der Waals surface area contributed by atoms with E-state index in [-0.39, 0.29) is 29.7 Å². The van der Waals surface area contributed by atoms with Crippen molar-refractivity contribution in [2.45, 2.75) is 39.3 Å². The second-order valence-electron chi connectivity index (χ2n) is 7.23. The maximum Gasteiger partial charge on any atom is 0.287 e. The molecule has 0 radical (unpaired) electrons. The normalized spacial score (nSPS) is 16.0. The lowest BCUT2D eigenvalue weighted by atomic mass is 10.1. The second kappa shape index (κ2) is 6.54. The number of rotatable bonds is 3. The average Bonchev–Trinajstić information content (AvgIpc) is 3.18. The van der Waals surface area contributed by atoms with Crippen LogP contribution in [0.3, 0.4) is 0 Å². The topological polar surface area (TPSA) is 66.7 Å². The van der Waals surface area contributed by atoms with E-state index in [1.54, 1.807) is 15.5 Å². The van der Waals surface area contributed by atoms with Crippen LogP contribution in [0, 0.1) is 0 Å². The molecule has 2 aromatic heterocycles. The van der Waals surface area contributed by atoms with E-state index in [0.717, 1.165) is 17.7 Å². The molecule has 1 atom stereocenters. The number of amides is 2. The first-order valence-electron chi connectivity index (χ1n) is 9.16. The molecule has 4 rings (SSSR count). The number of carbonyl (C=O) groups excluding carboxylic acids is 2. The first-order chi connectivity index (χ1) is 13.0. The van der Waals surface area contributed by atoms with Crippen LogP contribution in [0.5, 0.6) is 0 Å². The second-order valence-corrected chi connectivity index (χ2v) is 7.23. The smallest absolute Gasteiger partial charge is 0.287 e. The predicted octanol–water partition coefficient (Wildman–Crippen LogP) is 3.06. The SMILES string of the molecule is CC(C)NC(=O)c1nc(C(=O)N2c3ccccc3CC2C)c2ccccn12. The summed E-state index contributed by atoms with van der Waals surface area (Å²) in [5.41, 5.74) is 3.00. The number of pyridine rings is 1. The van der Waals surface area contributed by atoms with E-state index < -0.39 is 0 Å². The van der Waals surface area contributed by atoms with Crippen molar-refractivity contribution in [3.05, 3.63) is 65.7 Å². The van der Waals surface area contributed by atoms with Gasteiger partial charge in [0.15, 0.2) is 5.69 Å². The molecular weight excluding hydrogens is 340 g/mol. The minimum absolute atomic E-state index is 0.0156. The largest absolute Gasteiger partial charge is 0.347 e. The number of carbonyl (C=O) groups is 2. The van der Waals surface area contributed by atoms with Gasteiger partial charge in [-0.15, -0.1) is 0 Å². The Morgan fingerprint density at radius 3 is 2.67 bits per heavy atom. The summed E-state index contributed by atoms with van der Waals surface area (Å²) in [5.74, 6) is -0.248. The van der Waals surface area contributed by atoms with Crippen molar-refractivity contribution in [2.24, 2.45) is 0 Å². The van der Waals surface area contributed by atoms with Gasteiger partial charge >= 0.3 is 0 Å². The van der Waals surface area contributed by atoms with Crippen molar-refractivity contribution in [2.75, 3.05) is 4.90 Å². The predicted molar refractivity (Wildman–Crippen MR) is 104 cm³/mol. The highest BCUT2D eigenvalue weighted by molar-refractivity contribution is 6.11. The van der Waals surface area contributed by atoms with Gasteiger partial charge < -0.3 is 10.2 Å². The molecule has 6 nitrogen and oxygen atoms in total. The molecule has 1 N–H and O–H groups in total. The first-order valence-corrected chi connectivity index (χ1v) is 9.16. The number of para-hydroxylation sites is 1. The Hall–Kier alpha value is -3.15. The van der Waals surface area contributed by atoms with E-state index >= 15 is 0 Å². The van der Waals surface area contributed by atoms with E-state index in [9.17, 15) is 9.59 Å². The van der Waals surface area contributed by atoms with Gasteiger partial charge in [0.25, 0.3) is 11.8 Å². The van der Waals surface area contributed by atoms with Crippen LogP contribution in [0.15, 0.2) is 48.7 Å². The van der Waals surface area contributed by atoms with Crippen LogP contribution in [-0.2, 0) is 6.42 Å².